The fraction of sp³-hybridized carbons (Fsp3) is 0.258. The van der Waals surface area contributed by atoms with Crippen LogP contribution in [0.5, 0.6) is 11.5 Å². The van der Waals surface area contributed by atoms with E-state index < -0.39 is 16.1 Å². The number of esters is 1. The molecule has 0 atom stereocenters. The summed E-state index contributed by atoms with van der Waals surface area (Å²) < 4.78 is 44.1. The van der Waals surface area contributed by atoms with Crippen molar-refractivity contribution >= 4 is 59.6 Å². The van der Waals surface area contributed by atoms with Gasteiger partial charge in [-0.25, -0.2) is 4.79 Å². The summed E-state index contributed by atoms with van der Waals surface area (Å²) in [4.78, 5) is 13.4. The van der Waals surface area contributed by atoms with E-state index in [0.717, 1.165) is 44.4 Å². The molecule has 0 fully saturated rings. The molecule has 40 heavy (non-hydrogen) atoms. The van der Waals surface area contributed by atoms with Gasteiger partial charge in [0.15, 0.2) is 5.75 Å². The summed E-state index contributed by atoms with van der Waals surface area (Å²) in [6, 6.07) is 14.7. The molecule has 0 unspecified atom stereocenters. The number of benzene rings is 3. The van der Waals surface area contributed by atoms with Crippen LogP contribution in [0, 0.1) is 13.8 Å². The van der Waals surface area contributed by atoms with Gasteiger partial charge in [-0.15, -0.1) is 22.7 Å². The second-order valence-corrected chi connectivity index (χ2v) is 13.3. The van der Waals surface area contributed by atoms with Gasteiger partial charge in [-0.3, -0.25) is 0 Å². The van der Waals surface area contributed by atoms with E-state index in [1.165, 1.54) is 40.1 Å². The number of hydrogen-bond acceptors (Lipinski definition) is 8. The van der Waals surface area contributed by atoms with Gasteiger partial charge >= 0.3 is 16.1 Å². The van der Waals surface area contributed by atoms with Crippen molar-refractivity contribution < 1.29 is 26.9 Å². The highest BCUT2D eigenvalue weighted by Crippen LogP contribution is 2.45. The SMILES string of the molecule is CCc1cc(-c2c3ccccc3cc3sc(C)c(C)c23)cc(CC)c1OS(=O)(=O)c1scc(C(=O)OC)c1OC. The monoisotopic (exact) mass is 594 g/mol. The van der Waals surface area contributed by atoms with Crippen molar-refractivity contribution in [3.8, 4) is 22.6 Å². The van der Waals surface area contributed by atoms with E-state index in [-0.39, 0.29) is 15.5 Å². The first kappa shape index (κ1) is 28.1. The van der Waals surface area contributed by atoms with Crippen LogP contribution < -0.4 is 8.92 Å². The summed E-state index contributed by atoms with van der Waals surface area (Å²) in [7, 11) is -1.76. The zero-order chi connectivity index (χ0) is 28.8. The van der Waals surface area contributed by atoms with Crippen molar-refractivity contribution in [3.05, 3.63) is 75.0 Å². The molecule has 0 amide bonds. The molecule has 6 nitrogen and oxygen atoms in total. The van der Waals surface area contributed by atoms with Gasteiger partial charge in [0.25, 0.3) is 0 Å². The van der Waals surface area contributed by atoms with Gasteiger partial charge in [-0.2, -0.15) is 8.42 Å². The summed E-state index contributed by atoms with van der Waals surface area (Å²) in [5.41, 5.74) is 5.05. The Kier molecular flexibility index (Phi) is 7.65. The molecule has 0 aliphatic carbocycles. The molecule has 208 valence electrons. The lowest BCUT2D eigenvalue weighted by atomic mass is 9.90. The third-order valence-corrected chi connectivity index (χ3v) is 11.0. The minimum absolute atomic E-state index is 0.0420. The molecule has 0 radical (unpaired) electrons. The minimum atomic E-state index is -4.30. The Bertz CT molecular complexity index is 1850. The first-order valence-corrected chi connectivity index (χ1v) is 16.0. The van der Waals surface area contributed by atoms with Gasteiger partial charge in [0.2, 0.25) is 4.21 Å². The Balaban J connectivity index is 1.70. The van der Waals surface area contributed by atoms with E-state index >= 15 is 0 Å². The van der Waals surface area contributed by atoms with Crippen LogP contribution in [0.3, 0.4) is 0 Å². The maximum Gasteiger partial charge on any atom is 0.352 e. The highest BCUT2D eigenvalue weighted by molar-refractivity contribution is 7.89. The molecule has 0 saturated heterocycles. The number of fused-ring (bicyclic) bond motifs is 2. The second-order valence-electron chi connectivity index (χ2n) is 9.46. The number of rotatable bonds is 8. The lowest BCUT2D eigenvalue weighted by molar-refractivity contribution is 0.0597. The number of ether oxygens (including phenoxy) is 2. The molecule has 3 aromatic carbocycles. The van der Waals surface area contributed by atoms with E-state index in [2.05, 4.69) is 38.1 Å². The zero-order valence-electron chi connectivity index (χ0n) is 23.2. The second kappa shape index (κ2) is 10.9. The third-order valence-electron chi connectivity index (χ3n) is 7.22. The van der Waals surface area contributed by atoms with E-state index in [1.807, 2.05) is 32.0 Å². The number of carbonyl (C=O) groups excluding carboxylic acids is 1. The largest absolute Gasteiger partial charge is 0.493 e. The number of methoxy groups -OCH3 is 2. The number of thiophene rings is 2. The number of aryl methyl sites for hydroxylation is 4. The summed E-state index contributed by atoms with van der Waals surface area (Å²) in [6.45, 7) is 8.28. The van der Waals surface area contributed by atoms with E-state index in [9.17, 15) is 13.2 Å². The summed E-state index contributed by atoms with van der Waals surface area (Å²) in [5.74, 6) is -0.438. The molecule has 0 aliphatic heterocycles. The molecule has 0 spiro atoms. The number of hydrogen-bond donors (Lipinski definition) is 0. The van der Waals surface area contributed by atoms with E-state index in [0.29, 0.717) is 18.6 Å². The normalized spacial score (nSPS) is 11.8. The highest BCUT2D eigenvalue weighted by Gasteiger charge is 2.31. The predicted octanol–water partition coefficient (Wildman–Crippen LogP) is 8.09. The summed E-state index contributed by atoms with van der Waals surface area (Å²) in [5, 5.41) is 4.95. The van der Waals surface area contributed by atoms with Crippen LogP contribution in [0.25, 0.3) is 32.0 Å². The minimum Gasteiger partial charge on any atom is -0.493 e. The molecule has 0 aliphatic rings. The van der Waals surface area contributed by atoms with Crippen molar-refractivity contribution in [1.29, 1.82) is 0 Å². The molecule has 0 saturated carbocycles. The average molecular weight is 595 g/mol. The molecule has 5 aromatic rings. The van der Waals surface area contributed by atoms with Gasteiger partial charge < -0.3 is 13.7 Å². The van der Waals surface area contributed by atoms with Crippen molar-refractivity contribution in [2.75, 3.05) is 14.2 Å². The Morgan fingerprint density at radius 2 is 1.62 bits per heavy atom. The average Bonchev–Trinajstić information content (AvgIpc) is 3.52. The third kappa shape index (κ3) is 4.66. The number of carbonyl (C=O) groups is 1. The predicted molar refractivity (Wildman–Crippen MR) is 163 cm³/mol. The Hall–Kier alpha value is -3.40. The standard InChI is InChI=1S/C31H30O6S3/c1-7-19-13-22(27-23-12-10-9-11-21(23)15-25-26(27)17(3)18(4)39-25)14-20(8-2)28(19)37-40(33,34)31-29(35-5)24(16-38-31)30(32)36-6/h9-16H,7-8H2,1-6H3. The van der Waals surface area contributed by atoms with E-state index in [4.69, 9.17) is 13.7 Å². The summed E-state index contributed by atoms with van der Waals surface area (Å²) >= 11 is 2.66. The van der Waals surface area contributed by atoms with Gasteiger partial charge in [-0.05, 0) is 83.5 Å². The van der Waals surface area contributed by atoms with Crippen LogP contribution >= 0.6 is 22.7 Å². The van der Waals surface area contributed by atoms with Gasteiger partial charge in [-0.1, -0.05) is 38.1 Å². The van der Waals surface area contributed by atoms with Crippen molar-refractivity contribution in [2.24, 2.45) is 0 Å². The molecule has 9 heteroatoms. The van der Waals surface area contributed by atoms with Crippen LogP contribution in [0.1, 0.15) is 45.8 Å². The molecule has 2 heterocycles. The fourth-order valence-electron chi connectivity index (χ4n) is 5.12. The Morgan fingerprint density at radius 3 is 2.25 bits per heavy atom. The van der Waals surface area contributed by atoms with Crippen LogP contribution in [0.2, 0.25) is 0 Å². The van der Waals surface area contributed by atoms with Gasteiger partial charge in [0.1, 0.15) is 11.3 Å². The van der Waals surface area contributed by atoms with E-state index in [1.54, 1.807) is 11.3 Å². The quantitative estimate of drug-likeness (QED) is 0.133. The van der Waals surface area contributed by atoms with Crippen LogP contribution in [0.4, 0.5) is 0 Å². The maximum absolute atomic E-state index is 13.6. The van der Waals surface area contributed by atoms with Gasteiger partial charge in [0, 0.05) is 20.3 Å². The molecular formula is C31H30O6S3. The smallest absolute Gasteiger partial charge is 0.352 e. The highest BCUT2D eigenvalue weighted by atomic mass is 32.3. The van der Waals surface area contributed by atoms with Crippen molar-refractivity contribution in [2.45, 2.75) is 44.7 Å². The lowest BCUT2D eigenvalue weighted by Gasteiger charge is -2.18. The molecule has 0 bridgehead atoms. The van der Waals surface area contributed by atoms with Crippen LogP contribution in [0.15, 0.2) is 52.1 Å². The Morgan fingerprint density at radius 1 is 0.950 bits per heavy atom. The lowest BCUT2D eigenvalue weighted by Crippen LogP contribution is -2.13. The first-order chi connectivity index (χ1) is 19.1. The van der Waals surface area contributed by atoms with Crippen molar-refractivity contribution in [1.82, 2.24) is 0 Å². The molecule has 2 aromatic heterocycles. The molecule has 5 rings (SSSR count). The summed E-state index contributed by atoms with van der Waals surface area (Å²) in [6.07, 6.45) is 1.13. The fourth-order valence-corrected chi connectivity index (χ4v) is 8.62. The van der Waals surface area contributed by atoms with Gasteiger partial charge in [0.05, 0.1) is 14.2 Å². The molecule has 0 N–H and O–H groups in total. The maximum atomic E-state index is 13.6. The first-order valence-electron chi connectivity index (χ1n) is 12.9. The molecular weight excluding hydrogens is 565 g/mol. The topological polar surface area (TPSA) is 78.9 Å². The van der Waals surface area contributed by atoms with Crippen molar-refractivity contribution in [3.63, 3.8) is 0 Å². The van der Waals surface area contributed by atoms with Crippen LogP contribution in [-0.4, -0.2) is 28.6 Å². The zero-order valence-corrected chi connectivity index (χ0v) is 25.7. The van der Waals surface area contributed by atoms with Crippen LogP contribution in [-0.2, 0) is 27.7 Å². The Labute approximate surface area is 242 Å².